The Bertz CT molecular complexity index is 752. The molecular weight excluding hydrogens is 400 g/mol. The minimum atomic E-state index is -0.958. The summed E-state index contributed by atoms with van der Waals surface area (Å²) in [5.74, 6) is -0.597. The molecule has 2 N–H and O–H groups in total. The highest BCUT2D eigenvalue weighted by Gasteiger charge is 2.30. The molecule has 0 bridgehead atoms. The van der Waals surface area contributed by atoms with E-state index in [1.165, 1.54) is 7.11 Å². The second-order valence-corrected chi connectivity index (χ2v) is 8.40. The van der Waals surface area contributed by atoms with Crippen LogP contribution in [0.2, 0.25) is 0 Å². The summed E-state index contributed by atoms with van der Waals surface area (Å²) in [5, 5.41) is 5.28. The average Bonchev–Trinajstić information content (AvgIpc) is 2.68. The van der Waals surface area contributed by atoms with E-state index in [0.29, 0.717) is 12.4 Å². The fourth-order valence-electron chi connectivity index (χ4n) is 2.65. The Hall–Kier alpha value is -3.03. The maximum absolute atomic E-state index is 13.0. The van der Waals surface area contributed by atoms with Crippen LogP contribution in [0.1, 0.15) is 40.2 Å². The number of benzene rings is 1. The van der Waals surface area contributed by atoms with Gasteiger partial charge in [-0.1, -0.05) is 38.6 Å². The van der Waals surface area contributed by atoms with Gasteiger partial charge in [-0.15, -0.1) is 0 Å². The zero-order chi connectivity index (χ0) is 23.6. The largest absolute Gasteiger partial charge is 0.490 e. The van der Waals surface area contributed by atoms with Gasteiger partial charge in [0.15, 0.2) is 0 Å². The van der Waals surface area contributed by atoms with Crippen LogP contribution >= 0.6 is 0 Å². The van der Waals surface area contributed by atoms with Crippen molar-refractivity contribution in [3.05, 3.63) is 42.5 Å². The number of esters is 1. The van der Waals surface area contributed by atoms with E-state index >= 15 is 0 Å². The molecule has 0 fully saturated rings. The summed E-state index contributed by atoms with van der Waals surface area (Å²) in [6.07, 6.45) is 1.11. The average molecular weight is 435 g/mol. The van der Waals surface area contributed by atoms with E-state index in [4.69, 9.17) is 14.2 Å². The zero-order valence-corrected chi connectivity index (χ0v) is 19.2. The number of carbonyl (C=O) groups excluding carboxylic acids is 3. The smallest absolute Gasteiger partial charge is 0.408 e. The van der Waals surface area contributed by atoms with Gasteiger partial charge >= 0.3 is 12.1 Å². The van der Waals surface area contributed by atoms with Crippen molar-refractivity contribution in [2.24, 2.45) is 5.92 Å². The zero-order valence-electron chi connectivity index (χ0n) is 19.2. The maximum Gasteiger partial charge on any atom is 0.408 e. The molecular formula is C23H34N2O6. The van der Waals surface area contributed by atoms with Crippen LogP contribution in [-0.2, 0) is 25.5 Å². The third kappa shape index (κ3) is 9.55. The Balaban J connectivity index is 3.01. The van der Waals surface area contributed by atoms with Crippen molar-refractivity contribution in [3.63, 3.8) is 0 Å². The van der Waals surface area contributed by atoms with Crippen molar-refractivity contribution in [1.82, 2.24) is 10.6 Å². The highest BCUT2D eigenvalue weighted by Crippen LogP contribution is 2.15. The van der Waals surface area contributed by atoms with E-state index in [1.54, 1.807) is 65.0 Å². The van der Waals surface area contributed by atoms with Gasteiger partial charge in [-0.2, -0.15) is 0 Å². The maximum atomic E-state index is 13.0. The fraction of sp³-hybridized carbons (Fsp3) is 0.522. The topological polar surface area (TPSA) is 103 Å². The Morgan fingerprint density at radius 3 is 2.19 bits per heavy atom. The lowest BCUT2D eigenvalue weighted by atomic mass is 10.0. The van der Waals surface area contributed by atoms with Crippen molar-refractivity contribution in [3.8, 4) is 5.75 Å². The number of hydrogen-bond donors (Lipinski definition) is 2. The predicted molar refractivity (Wildman–Crippen MR) is 118 cm³/mol. The SMILES string of the molecule is C=CCOc1ccc(CC(NC(=O)OC(C)(C)C)C(=O)NC(C(=O)OC)C(C)C)cc1. The summed E-state index contributed by atoms with van der Waals surface area (Å²) in [6.45, 7) is 12.8. The fourth-order valence-corrected chi connectivity index (χ4v) is 2.65. The Morgan fingerprint density at radius 2 is 1.71 bits per heavy atom. The van der Waals surface area contributed by atoms with Crippen LogP contribution in [0.4, 0.5) is 4.79 Å². The van der Waals surface area contributed by atoms with Crippen molar-refractivity contribution >= 4 is 18.0 Å². The van der Waals surface area contributed by atoms with Gasteiger partial charge in [-0.3, -0.25) is 4.79 Å². The van der Waals surface area contributed by atoms with E-state index in [9.17, 15) is 14.4 Å². The van der Waals surface area contributed by atoms with Crippen molar-refractivity contribution in [2.75, 3.05) is 13.7 Å². The molecule has 0 aliphatic carbocycles. The van der Waals surface area contributed by atoms with Crippen LogP contribution in [-0.4, -0.2) is 49.4 Å². The first-order valence-electron chi connectivity index (χ1n) is 10.2. The third-order valence-electron chi connectivity index (χ3n) is 4.16. The van der Waals surface area contributed by atoms with Crippen LogP contribution in [0.5, 0.6) is 5.75 Å². The first kappa shape index (κ1) is 26.0. The van der Waals surface area contributed by atoms with Gasteiger partial charge in [0, 0.05) is 6.42 Å². The number of carbonyl (C=O) groups is 3. The first-order chi connectivity index (χ1) is 14.5. The van der Waals surface area contributed by atoms with Gasteiger partial charge in [-0.05, 0) is 44.4 Å². The molecule has 2 atom stereocenters. The van der Waals surface area contributed by atoms with Crippen molar-refractivity contribution in [1.29, 1.82) is 0 Å². The molecule has 31 heavy (non-hydrogen) atoms. The van der Waals surface area contributed by atoms with E-state index < -0.39 is 35.7 Å². The van der Waals surface area contributed by atoms with Crippen LogP contribution in [0.15, 0.2) is 36.9 Å². The van der Waals surface area contributed by atoms with Crippen LogP contribution in [0, 0.1) is 5.92 Å². The lowest BCUT2D eigenvalue weighted by Crippen LogP contribution is -2.54. The molecule has 2 unspecified atom stereocenters. The molecule has 0 aliphatic rings. The van der Waals surface area contributed by atoms with E-state index in [0.717, 1.165) is 5.56 Å². The number of methoxy groups -OCH3 is 1. The second-order valence-electron chi connectivity index (χ2n) is 8.40. The Kier molecular flexibility index (Phi) is 10.0. The number of alkyl carbamates (subject to hydrolysis) is 1. The second kappa shape index (κ2) is 12.0. The number of hydrogen-bond acceptors (Lipinski definition) is 6. The molecule has 0 aromatic heterocycles. The highest BCUT2D eigenvalue weighted by molar-refractivity contribution is 5.90. The van der Waals surface area contributed by atoms with Gasteiger partial charge in [-0.25, -0.2) is 9.59 Å². The van der Waals surface area contributed by atoms with Crippen LogP contribution in [0.25, 0.3) is 0 Å². The molecule has 8 heteroatoms. The molecule has 0 spiro atoms. The normalized spacial score (nSPS) is 13.0. The quantitative estimate of drug-likeness (QED) is 0.433. The summed E-state index contributed by atoms with van der Waals surface area (Å²) in [7, 11) is 1.26. The molecule has 1 aromatic carbocycles. The molecule has 172 valence electrons. The van der Waals surface area contributed by atoms with E-state index in [2.05, 4.69) is 17.2 Å². The third-order valence-corrected chi connectivity index (χ3v) is 4.16. The molecule has 0 heterocycles. The molecule has 1 rings (SSSR count). The minimum absolute atomic E-state index is 0.193. The number of ether oxygens (including phenoxy) is 3. The standard InChI is InChI=1S/C23H34N2O6/c1-8-13-30-17-11-9-16(10-12-17)14-18(24-22(28)31-23(4,5)6)20(26)25-19(15(2)3)21(27)29-7/h8-12,15,18-19H,1,13-14H2,2-7H3,(H,24,28)(H,25,26). The highest BCUT2D eigenvalue weighted by atomic mass is 16.6. The van der Waals surface area contributed by atoms with Gasteiger partial charge in [0.25, 0.3) is 0 Å². The molecule has 0 radical (unpaired) electrons. The minimum Gasteiger partial charge on any atom is -0.490 e. The van der Waals surface area contributed by atoms with Gasteiger partial charge in [0.2, 0.25) is 5.91 Å². The summed E-state index contributed by atoms with van der Waals surface area (Å²) >= 11 is 0. The Morgan fingerprint density at radius 1 is 1.10 bits per heavy atom. The lowest BCUT2D eigenvalue weighted by molar-refractivity contribution is -0.146. The summed E-state index contributed by atoms with van der Waals surface area (Å²) in [6, 6.07) is 5.35. The molecule has 0 saturated heterocycles. The van der Waals surface area contributed by atoms with Gasteiger partial charge in [0.1, 0.15) is 30.0 Å². The Labute approximate surface area is 184 Å². The van der Waals surface area contributed by atoms with Crippen LogP contribution < -0.4 is 15.4 Å². The summed E-state index contributed by atoms with van der Waals surface area (Å²) in [4.78, 5) is 37.3. The molecule has 1 aromatic rings. The lowest BCUT2D eigenvalue weighted by Gasteiger charge is -2.26. The van der Waals surface area contributed by atoms with E-state index in [1.807, 2.05) is 0 Å². The summed E-state index contributed by atoms with van der Waals surface area (Å²) < 4.78 is 15.5. The number of nitrogens with one attached hydrogen (secondary N) is 2. The molecule has 0 saturated carbocycles. The summed E-state index contributed by atoms with van der Waals surface area (Å²) in [5.41, 5.74) is 0.0724. The molecule has 8 nitrogen and oxygen atoms in total. The predicted octanol–water partition coefficient (Wildman–Crippen LogP) is 3.00. The molecule has 0 aliphatic heterocycles. The number of rotatable bonds is 10. The van der Waals surface area contributed by atoms with Crippen LogP contribution in [0.3, 0.4) is 0 Å². The van der Waals surface area contributed by atoms with Gasteiger partial charge in [0.05, 0.1) is 7.11 Å². The van der Waals surface area contributed by atoms with E-state index in [-0.39, 0.29) is 12.3 Å². The van der Waals surface area contributed by atoms with Gasteiger partial charge < -0.3 is 24.8 Å². The monoisotopic (exact) mass is 434 g/mol. The molecule has 2 amide bonds. The van der Waals surface area contributed by atoms with Crippen molar-refractivity contribution < 1.29 is 28.6 Å². The first-order valence-corrected chi connectivity index (χ1v) is 10.2. The number of amides is 2. The van der Waals surface area contributed by atoms with Crippen molar-refractivity contribution in [2.45, 2.75) is 58.7 Å².